The molecule has 0 saturated heterocycles. The Balaban J connectivity index is 0. The molecule has 1 aromatic heterocycles. The van der Waals surface area contributed by atoms with Gasteiger partial charge in [-0.15, -0.1) is 24.8 Å². The zero-order chi connectivity index (χ0) is 10.4. The molecule has 0 fully saturated rings. The Morgan fingerprint density at radius 1 is 1.38 bits per heavy atom. The summed E-state index contributed by atoms with van der Waals surface area (Å²) in [6.07, 6.45) is 5.67. The molecule has 1 rings (SSSR count). The summed E-state index contributed by atoms with van der Waals surface area (Å²) in [5, 5.41) is 8.88. The molecule has 0 aliphatic heterocycles. The van der Waals surface area contributed by atoms with Gasteiger partial charge in [0, 0.05) is 6.20 Å². The largest absolute Gasteiger partial charge is 0.478 e. The van der Waals surface area contributed by atoms with Crippen molar-refractivity contribution in [3.63, 3.8) is 0 Å². The van der Waals surface area contributed by atoms with Crippen LogP contribution in [0.2, 0.25) is 0 Å². The first-order valence-electron chi connectivity index (χ1n) is 4.93. The summed E-state index contributed by atoms with van der Waals surface area (Å²) in [4.78, 5) is 14.9. The molecule has 92 valence electrons. The number of hydrogen-bond acceptors (Lipinski definition) is 2. The molecule has 0 radical (unpaired) electrons. The molecule has 16 heavy (non-hydrogen) atoms. The minimum absolute atomic E-state index is 0. The lowest BCUT2D eigenvalue weighted by Gasteiger charge is -2.03. The van der Waals surface area contributed by atoms with Crippen molar-refractivity contribution in [2.24, 2.45) is 0 Å². The van der Waals surface area contributed by atoms with Crippen molar-refractivity contribution in [1.82, 2.24) is 4.98 Å². The van der Waals surface area contributed by atoms with Gasteiger partial charge in [0.1, 0.15) is 0 Å². The Bertz CT molecular complexity index is 319. The molecule has 0 atom stereocenters. The number of hydrogen-bond donors (Lipinski definition) is 1. The smallest absolute Gasteiger partial charge is 0.337 e. The van der Waals surface area contributed by atoms with Gasteiger partial charge in [-0.05, 0) is 25.0 Å². The third kappa shape index (κ3) is 5.33. The number of aromatic nitrogens is 1. The first-order chi connectivity index (χ1) is 6.75. The number of rotatable bonds is 5. The van der Waals surface area contributed by atoms with Crippen LogP contribution < -0.4 is 0 Å². The number of pyridine rings is 1. The van der Waals surface area contributed by atoms with Gasteiger partial charge in [0.15, 0.2) is 0 Å². The van der Waals surface area contributed by atoms with Crippen molar-refractivity contribution < 1.29 is 9.90 Å². The molecule has 1 heterocycles. The number of carboxylic acid groups (broad SMARTS) is 1. The predicted molar refractivity (Wildman–Crippen MR) is 68.9 cm³/mol. The molecule has 0 unspecified atom stereocenters. The normalized spacial score (nSPS) is 8.81. The highest BCUT2D eigenvalue weighted by atomic mass is 35.5. The van der Waals surface area contributed by atoms with E-state index >= 15 is 0 Å². The number of nitrogens with zero attached hydrogens (tertiary/aromatic N) is 1. The number of unbranched alkanes of at least 4 members (excludes halogenated alkanes) is 2. The van der Waals surface area contributed by atoms with E-state index in [1.807, 2.05) is 0 Å². The summed E-state index contributed by atoms with van der Waals surface area (Å²) in [6.45, 7) is 2.12. The van der Waals surface area contributed by atoms with E-state index in [1.54, 1.807) is 18.3 Å². The van der Waals surface area contributed by atoms with Crippen LogP contribution in [0, 0.1) is 0 Å². The average Bonchev–Trinajstić information content (AvgIpc) is 2.19. The maximum Gasteiger partial charge on any atom is 0.337 e. The second-order valence-electron chi connectivity index (χ2n) is 3.26. The first kappa shape index (κ1) is 17.6. The highest BCUT2D eigenvalue weighted by Crippen LogP contribution is 2.09. The Kier molecular flexibility index (Phi) is 10.4. The Morgan fingerprint density at radius 3 is 2.62 bits per heavy atom. The number of aryl methyl sites for hydroxylation is 1. The molecular weight excluding hydrogens is 249 g/mol. The Labute approximate surface area is 108 Å². The van der Waals surface area contributed by atoms with E-state index in [9.17, 15) is 4.79 Å². The van der Waals surface area contributed by atoms with Gasteiger partial charge in [-0.1, -0.05) is 19.8 Å². The third-order valence-electron chi connectivity index (χ3n) is 2.14. The summed E-state index contributed by atoms with van der Waals surface area (Å²) >= 11 is 0. The molecule has 0 amide bonds. The summed E-state index contributed by atoms with van der Waals surface area (Å²) in [7, 11) is 0. The van der Waals surface area contributed by atoms with Crippen molar-refractivity contribution in [3.8, 4) is 0 Å². The van der Waals surface area contributed by atoms with E-state index in [1.165, 1.54) is 0 Å². The van der Waals surface area contributed by atoms with E-state index in [0.717, 1.165) is 25.7 Å². The van der Waals surface area contributed by atoms with Crippen LogP contribution in [0.4, 0.5) is 0 Å². The molecule has 3 nitrogen and oxygen atoms in total. The van der Waals surface area contributed by atoms with E-state index in [2.05, 4.69) is 11.9 Å². The third-order valence-corrected chi connectivity index (χ3v) is 2.14. The number of aromatic carboxylic acids is 1. The van der Waals surface area contributed by atoms with Crippen LogP contribution in [-0.4, -0.2) is 16.1 Å². The fraction of sp³-hybridized carbons (Fsp3) is 0.455. The highest BCUT2D eigenvalue weighted by Gasteiger charge is 2.09. The fourth-order valence-corrected chi connectivity index (χ4v) is 1.37. The van der Waals surface area contributed by atoms with Gasteiger partial charge in [0.05, 0.1) is 11.3 Å². The molecular formula is C11H17Cl2NO2. The van der Waals surface area contributed by atoms with E-state index in [-0.39, 0.29) is 24.8 Å². The maximum atomic E-state index is 10.8. The van der Waals surface area contributed by atoms with Gasteiger partial charge in [-0.25, -0.2) is 4.79 Å². The fourth-order valence-electron chi connectivity index (χ4n) is 1.37. The van der Waals surface area contributed by atoms with E-state index < -0.39 is 5.97 Å². The molecule has 1 aromatic rings. The van der Waals surface area contributed by atoms with Gasteiger partial charge in [-0.2, -0.15) is 0 Å². The van der Waals surface area contributed by atoms with E-state index in [0.29, 0.717) is 11.3 Å². The van der Waals surface area contributed by atoms with Crippen LogP contribution in [0.3, 0.4) is 0 Å². The maximum absolute atomic E-state index is 10.8. The van der Waals surface area contributed by atoms with Crippen LogP contribution >= 0.6 is 24.8 Å². The molecule has 5 heteroatoms. The van der Waals surface area contributed by atoms with Gasteiger partial charge in [-0.3, -0.25) is 4.98 Å². The number of halogens is 2. The van der Waals surface area contributed by atoms with Gasteiger partial charge < -0.3 is 5.11 Å². The van der Waals surface area contributed by atoms with Crippen molar-refractivity contribution in [2.45, 2.75) is 32.6 Å². The van der Waals surface area contributed by atoms with E-state index in [4.69, 9.17) is 5.11 Å². The molecule has 0 aromatic carbocycles. The standard InChI is InChI=1S/C11H15NO2.2ClH/c1-2-3-4-7-10-9(11(13)14)6-5-8-12-10;;/h5-6,8H,2-4,7H2,1H3,(H,13,14);2*1H. The topological polar surface area (TPSA) is 50.2 Å². The van der Waals surface area contributed by atoms with Crippen molar-refractivity contribution >= 4 is 30.8 Å². The van der Waals surface area contributed by atoms with Gasteiger partial charge >= 0.3 is 5.97 Å². The van der Waals surface area contributed by atoms with Crippen molar-refractivity contribution in [2.75, 3.05) is 0 Å². The van der Waals surface area contributed by atoms with Crippen LogP contribution in [0.5, 0.6) is 0 Å². The molecule has 0 bridgehead atoms. The van der Waals surface area contributed by atoms with Gasteiger partial charge in [0.2, 0.25) is 0 Å². The number of carbonyl (C=O) groups is 1. The van der Waals surface area contributed by atoms with Crippen LogP contribution in [0.25, 0.3) is 0 Å². The summed E-state index contributed by atoms with van der Waals surface area (Å²) in [6, 6.07) is 3.27. The molecule has 0 spiro atoms. The lowest BCUT2D eigenvalue weighted by Crippen LogP contribution is -2.04. The zero-order valence-electron chi connectivity index (χ0n) is 9.18. The van der Waals surface area contributed by atoms with Crippen LogP contribution in [0.1, 0.15) is 42.2 Å². The molecule has 0 aliphatic carbocycles. The number of carboxylic acids is 1. The molecule has 0 saturated carbocycles. The van der Waals surface area contributed by atoms with Crippen LogP contribution in [0.15, 0.2) is 18.3 Å². The monoisotopic (exact) mass is 265 g/mol. The summed E-state index contributed by atoms with van der Waals surface area (Å²) < 4.78 is 0. The average molecular weight is 266 g/mol. The first-order valence-corrected chi connectivity index (χ1v) is 4.93. The minimum Gasteiger partial charge on any atom is -0.478 e. The second kappa shape index (κ2) is 9.43. The lowest BCUT2D eigenvalue weighted by atomic mass is 10.1. The summed E-state index contributed by atoms with van der Waals surface area (Å²) in [5.74, 6) is -0.885. The molecule has 1 N–H and O–H groups in total. The minimum atomic E-state index is -0.885. The van der Waals surface area contributed by atoms with Crippen LogP contribution in [-0.2, 0) is 6.42 Å². The predicted octanol–water partition coefficient (Wildman–Crippen LogP) is 3.36. The second-order valence-corrected chi connectivity index (χ2v) is 3.26. The van der Waals surface area contributed by atoms with Crippen molar-refractivity contribution in [3.05, 3.63) is 29.6 Å². The Hall–Kier alpha value is -0.800. The lowest BCUT2D eigenvalue weighted by molar-refractivity contribution is 0.0695. The quantitative estimate of drug-likeness (QED) is 0.831. The SMILES string of the molecule is CCCCCc1ncccc1C(=O)O.Cl.Cl. The van der Waals surface area contributed by atoms with Gasteiger partial charge in [0.25, 0.3) is 0 Å². The Morgan fingerprint density at radius 2 is 2.06 bits per heavy atom. The van der Waals surface area contributed by atoms with Crippen molar-refractivity contribution in [1.29, 1.82) is 0 Å². The summed E-state index contributed by atoms with van der Waals surface area (Å²) in [5.41, 5.74) is 1.04. The zero-order valence-corrected chi connectivity index (χ0v) is 10.8. The highest BCUT2D eigenvalue weighted by molar-refractivity contribution is 5.88. The molecule has 0 aliphatic rings.